The third kappa shape index (κ3) is 4.24. The number of H-pyrrole nitrogens is 1. The second kappa shape index (κ2) is 8.94. The van der Waals surface area contributed by atoms with Crippen LogP contribution in [-0.4, -0.2) is 35.5 Å². The second-order valence-corrected chi connectivity index (χ2v) is 8.24. The van der Waals surface area contributed by atoms with Gasteiger partial charge in [-0.25, -0.2) is 22.4 Å². The summed E-state index contributed by atoms with van der Waals surface area (Å²) in [7, 11) is 0. The molecule has 170 valence electrons. The molecule has 0 aliphatic carbocycles. The molecule has 3 aromatic rings. The van der Waals surface area contributed by atoms with Gasteiger partial charge in [-0.1, -0.05) is 6.07 Å². The number of aromatic amines is 1. The van der Waals surface area contributed by atoms with Gasteiger partial charge >= 0.3 is 5.97 Å². The van der Waals surface area contributed by atoms with Crippen molar-refractivity contribution in [2.75, 3.05) is 19.6 Å². The molecule has 0 spiro atoms. The van der Waals surface area contributed by atoms with E-state index in [1.54, 1.807) is 6.92 Å². The van der Waals surface area contributed by atoms with Crippen LogP contribution in [0.3, 0.4) is 0 Å². The van der Waals surface area contributed by atoms with Crippen LogP contribution in [0.1, 0.15) is 53.0 Å². The van der Waals surface area contributed by atoms with E-state index in [1.165, 1.54) is 19.8 Å². The van der Waals surface area contributed by atoms with E-state index >= 15 is 0 Å². The Balaban J connectivity index is 1.57. The van der Waals surface area contributed by atoms with E-state index < -0.39 is 40.9 Å². The first kappa shape index (κ1) is 22.3. The number of rotatable bonds is 6. The number of esters is 1. The zero-order valence-corrected chi connectivity index (χ0v) is 17.9. The number of aryl methyl sites for hydroxylation is 1. The van der Waals surface area contributed by atoms with Crippen LogP contribution in [0, 0.1) is 30.2 Å². The third-order valence-corrected chi connectivity index (χ3v) is 6.02. The molecule has 2 heterocycles. The molecule has 1 unspecified atom stereocenters. The number of ether oxygens (including phenoxy) is 1. The van der Waals surface area contributed by atoms with Gasteiger partial charge in [0.05, 0.1) is 5.56 Å². The van der Waals surface area contributed by atoms with Crippen molar-refractivity contribution >= 4 is 16.9 Å². The van der Waals surface area contributed by atoms with Gasteiger partial charge in [0.2, 0.25) is 0 Å². The second-order valence-electron chi connectivity index (χ2n) is 8.24. The maximum absolute atomic E-state index is 14.1. The monoisotopic (exact) mass is 448 g/mol. The molecule has 0 bridgehead atoms. The first-order valence-electron chi connectivity index (χ1n) is 10.6. The first-order valence-corrected chi connectivity index (χ1v) is 10.6. The van der Waals surface area contributed by atoms with E-state index in [1.807, 2.05) is 18.2 Å². The van der Waals surface area contributed by atoms with E-state index in [0.29, 0.717) is 17.1 Å². The predicted octanol–water partition coefficient (Wildman–Crippen LogP) is 5.59. The van der Waals surface area contributed by atoms with E-state index in [-0.39, 0.29) is 5.56 Å². The van der Waals surface area contributed by atoms with Crippen molar-refractivity contribution in [3.8, 4) is 0 Å². The zero-order chi connectivity index (χ0) is 23.0. The van der Waals surface area contributed by atoms with Crippen molar-refractivity contribution in [1.82, 2.24) is 9.88 Å². The average molecular weight is 448 g/mol. The normalized spacial score (nSPS) is 15.4. The minimum Gasteiger partial charge on any atom is -0.454 e. The van der Waals surface area contributed by atoms with Crippen molar-refractivity contribution in [1.29, 1.82) is 0 Å². The highest BCUT2D eigenvalue weighted by Gasteiger charge is 2.26. The lowest BCUT2D eigenvalue weighted by Gasteiger charge is -2.16. The number of nitrogens with zero attached hydrogens (tertiary/aromatic N) is 1. The van der Waals surface area contributed by atoms with Gasteiger partial charge in [-0.3, -0.25) is 0 Å². The highest BCUT2D eigenvalue weighted by atomic mass is 19.2. The summed E-state index contributed by atoms with van der Waals surface area (Å²) in [5.41, 5.74) is 2.08. The fourth-order valence-corrected chi connectivity index (χ4v) is 4.26. The van der Waals surface area contributed by atoms with Crippen LogP contribution in [-0.2, 0) is 11.2 Å². The molecule has 1 N–H and O–H groups in total. The number of fused-ring (bicyclic) bond motifs is 1. The van der Waals surface area contributed by atoms with E-state index in [2.05, 4.69) is 9.88 Å². The minimum atomic E-state index is -1.94. The number of carbonyl (C=O) groups is 1. The van der Waals surface area contributed by atoms with Crippen molar-refractivity contribution in [2.45, 2.75) is 39.2 Å². The van der Waals surface area contributed by atoms with Crippen LogP contribution in [0.25, 0.3) is 10.9 Å². The smallest absolute Gasteiger partial charge is 0.341 e. The molecule has 1 aliphatic heterocycles. The maximum Gasteiger partial charge on any atom is 0.341 e. The summed E-state index contributed by atoms with van der Waals surface area (Å²) in [6, 6.07) is 6.33. The molecule has 1 aliphatic rings. The number of aromatic nitrogens is 1. The molecular formula is C24H24F4N2O2. The van der Waals surface area contributed by atoms with Gasteiger partial charge in [-0.15, -0.1) is 0 Å². The summed E-state index contributed by atoms with van der Waals surface area (Å²) in [6.07, 6.45) is 1.94. The Bertz CT molecular complexity index is 1170. The average Bonchev–Trinajstić information content (AvgIpc) is 3.39. The fraction of sp³-hybridized carbons (Fsp3) is 0.375. The Hall–Kier alpha value is -2.87. The van der Waals surface area contributed by atoms with Gasteiger partial charge in [0, 0.05) is 28.7 Å². The topological polar surface area (TPSA) is 45.3 Å². The van der Waals surface area contributed by atoms with Crippen LogP contribution >= 0.6 is 0 Å². The van der Waals surface area contributed by atoms with Gasteiger partial charge < -0.3 is 14.6 Å². The molecule has 0 radical (unpaired) electrons. The van der Waals surface area contributed by atoms with Crippen LogP contribution in [0.4, 0.5) is 17.6 Å². The van der Waals surface area contributed by atoms with Crippen molar-refractivity contribution in [2.24, 2.45) is 0 Å². The van der Waals surface area contributed by atoms with Gasteiger partial charge in [0.15, 0.2) is 23.3 Å². The number of carbonyl (C=O) groups excluding carboxylic acids is 1. The molecule has 0 saturated carbocycles. The predicted molar refractivity (Wildman–Crippen MR) is 113 cm³/mol. The highest BCUT2D eigenvalue weighted by Crippen LogP contribution is 2.29. The molecule has 4 nitrogen and oxygen atoms in total. The molecule has 1 saturated heterocycles. The molecule has 1 fully saturated rings. The largest absolute Gasteiger partial charge is 0.454 e. The highest BCUT2D eigenvalue weighted by molar-refractivity contribution is 6.05. The quantitative estimate of drug-likeness (QED) is 0.231. The van der Waals surface area contributed by atoms with Crippen LogP contribution in [0.5, 0.6) is 0 Å². The number of halogens is 4. The van der Waals surface area contributed by atoms with E-state index in [9.17, 15) is 22.4 Å². The summed E-state index contributed by atoms with van der Waals surface area (Å²) in [5.74, 6) is -7.73. The lowest BCUT2D eigenvalue weighted by atomic mass is 10.1. The first-order chi connectivity index (χ1) is 15.3. The van der Waals surface area contributed by atoms with Crippen molar-refractivity contribution in [3.05, 3.63) is 69.9 Å². The Morgan fingerprint density at radius 1 is 1.09 bits per heavy atom. The fourth-order valence-electron chi connectivity index (χ4n) is 4.26. The van der Waals surface area contributed by atoms with Crippen LogP contribution in [0.2, 0.25) is 0 Å². The summed E-state index contributed by atoms with van der Waals surface area (Å²) in [5, 5.41) is 0.663. The van der Waals surface area contributed by atoms with Crippen molar-refractivity contribution < 1.29 is 27.1 Å². The summed E-state index contributed by atoms with van der Waals surface area (Å²) in [6.45, 7) is 6.12. The maximum atomic E-state index is 14.1. The Morgan fingerprint density at radius 3 is 2.53 bits per heavy atom. The summed E-state index contributed by atoms with van der Waals surface area (Å²) < 4.78 is 59.8. The van der Waals surface area contributed by atoms with Gasteiger partial charge in [0.25, 0.3) is 0 Å². The number of nitrogens with one attached hydrogen (secondary N) is 1. The summed E-state index contributed by atoms with van der Waals surface area (Å²) in [4.78, 5) is 18.4. The molecule has 1 atom stereocenters. The standard InChI is InChI=1S/C24H24F4N2O2/c1-13-20(24(31)32-14(2)16-12-18(25)22(27)23(28)21(16)26)17-11-15(5-6-19(17)29-13)7-10-30-8-3-4-9-30/h5-6,11-12,14,29H,3-4,7-10H2,1-2H3. The number of hydrogen-bond acceptors (Lipinski definition) is 3. The van der Waals surface area contributed by atoms with Gasteiger partial charge in [0.1, 0.15) is 6.10 Å². The molecule has 1 aromatic heterocycles. The lowest BCUT2D eigenvalue weighted by Crippen LogP contribution is -2.21. The van der Waals surface area contributed by atoms with Crippen LogP contribution in [0.15, 0.2) is 24.3 Å². The van der Waals surface area contributed by atoms with Gasteiger partial charge in [-0.2, -0.15) is 0 Å². The van der Waals surface area contributed by atoms with Gasteiger partial charge in [-0.05, 0) is 70.0 Å². The summed E-state index contributed by atoms with van der Waals surface area (Å²) >= 11 is 0. The Labute approximate surface area is 183 Å². The zero-order valence-electron chi connectivity index (χ0n) is 17.9. The molecule has 4 rings (SSSR count). The number of benzene rings is 2. The molecule has 0 amide bonds. The number of likely N-dealkylation sites (tertiary alicyclic amines) is 1. The van der Waals surface area contributed by atoms with E-state index in [0.717, 1.165) is 37.1 Å². The molecular weight excluding hydrogens is 424 g/mol. The Morgan fingerprint density at radius 2 is 1.81 bits per heavy atom. The SMILES string of the molecule is Cc1[nH]c2ccc(CCN3CCCC3)cc2c1C(=O)OC(C)c1cc(F)c(F)c(F)c1F. The van der Waals surface area contributed by atoms with Crippen LogP contribution < -0.4 is 0 Å². The lowest BCUT2D eigenvalue weighted by molar-refractivity contribution is 0.0330. The van der Waals surface area contributed by atoms with Crippen molar-refractivity contribution in [3.63, 3.8) is 0 Å². The molecule has 2 aromatic carbocycles. The molecule has 32 heavy (non-hydrogen) atoms. The van der Waals surface area contributed by atoms with E-state index in [4.69, 9.17) is 4.74 Å². The molecule has 8 heteroatoms. The third-order valence-electron chi connectivity index (χ3n) is 6.02. The number of hydrogen-bond donors (Lipinski definition) is 1. The Kier molecular flexibility index (Phi) is 6.24. The minimum absolute atomic E-state index is 0.276.